The molecule has 1 aliphatic rings. The zero-order chi connectivity index (χ0) is 14.2. The Labute approximate surface area is 113 Å². The second-order valence-electron chi connectivity index (χ2n) is 3.97. The molecule has 0 aromatic heterocycles. The number of hydrogen-bond acceptors (Lipinski definition) is 4. The van der Waals surface area contributed by atoms with Crippen LogP contribution in [0.25, 0.3) is 0 Å². The van der Waals surface area contributed by atoms with Crippen molar-refractivity contribution in [2.75, 3.05) is 15.8 Å². The standard InChI is InChI=1S/C10H9ClN2O5S/c11-6-3-7-5(2-9(14)12-7)1-8(6)13-19(17,18)4-10(15)16/h1,3,13H,2,4H2,(H,12,14)(H,15,16). The summed E-state index contributed by atoms with van der Waals surface area (Å²) in [5, 5.41) is 11.1. The minimum Gasteiger partial charge on any atom is -0.480 e. The first-order valence-electron chi connectivity index (χ1n) is 5.11. The van der Waals surface area contributed by atoms with E-state index in [4.69, 9.17) is 16.7 Å². The van der Waals surface area contributed by atoms with Gasteiger partial charge in [0.15, 0.2) is 5.75 Å². The Hall–Kier alpha value is -1.80. The molecule has 0 unspecified atom stereocenters. The summed E-state index contributed by atoms with van der Waals surface area (Å²) in [6.07, 6.45) is 0.125. The van der Waals surface area contributed by atoms with Gasteiger partial charge in [-0.2, -0.15) is 0 Å². The molecule has 0 saturated heterocycles. The Morgan fingerprint density at radius 1 is 1.47 bits per heavy atom. The highest BCUT2D eigenvalue weighted by molar-refractivity contribution is 7.93. The number of carbonyl (C=O) groups excluding carboxylic acids is 1. The summed E-state index contributed by atoms with van der Waals surface area (Å²) in [5.41, 5.74) is 1.18. The van der Waals surface area contributed by atoms with Crippen LogP contribution in [0, 0.1) is 0 Å². The maximum Gasteiger partial charge on any atom is 0.320 e. The Morgan fingerprint density at radius 2 is 2.16 bits per heavy atom. The van der Waals surface area contributed by atoms with Gasteiger partial charge in [-0.1, -0.05) is 11.6 Å². The fraction of sp³-hybridized carbons (Fsp3) is 0.200. The molecule has 0 fully saturated rings. The van der Waals surface area contributed by atoms with E-state index < -0.39 is 21.7 Å². The predicted octanol–water partition coefficient (Wildman–Crippen LogP) is 0.661. The Balaban J connectivity index is 2.30. The third-order valence-corrected chi connectivity index (χ3v) is 3.87. The minimum atomic E-state index is -4.03. The van der Waals surface area contributed by atoms with Crippen molar-refractivity contribution in [1.29, 1.82) is 0 Å². The van der Waals surface area contributed by atoms with E-state index in [0.29, 0.717) is 11.3 Å². The molecule has 1 aromatic carbocycles. The number of benzene rings is 1. The van der Waals surface area contributed by atoms with Crippen molar-refractivity contribution in [3.63, 3.8) is 0 Å². The van der Waals surface area contributed by atoms with Gasteiger partial charge in [-0.3, -0.25) is 14.3 Å². The number of aliphatic carboxylic acids is 1. The zero-order valence-corrected chi connectivity index (χ0v) is 11.0. The number of amides is 1. The largest absolute Gasteiger partial charge is 0.480 e. The average Bonchev–Trinajstić information content (AvgIpc) is 2.55. The van der Waals surface area contributed by atoms with Crippen LogP contribution in [0.3, 0.4) is 0 Å². The molecule has 7 nitrogen and oxygen atoms in total. The van der Waals surface area contributed by atoms with E-state index in [2.05, 4.69) is 10.0 Å². The molecule has 0 bridgehead atoms. The van der Waals surface area contributed by atoms with Gasteiger partial charge in [0.25, 0.3) is 0 Å². The van der Waals surface area contributed by atoms with Crippen molar-refractivity contribution in [1.82, 2.24) is 0 Å². The van der Waals surface area contributed by atoms with Gasteiger partial charge in [-0.25, -0.2) is 8.42 Å². The number of rotatable bonds is 4. The predicted molar refractivity (Wildman–Crippen MR) is 68.8 cm³/mol. The molecule has 1 aliphatic heterocycles. The molecular weight excluding hydrogens is 296 g/mol. The van der Waals surface area contributed by atoms with Crippen LogP contribution in [0.4, 0.5) is 11.4 Å². The summed E-state index contributed by atoms with van der Waals surface area (Å²) in [6.45, 7) is 0. The van der Waals surface area contributed by atoms with E-state index in [9.17, 15) is 18.0 Å². The number of sulfonamides is 1. The van der Waals surface area contributed by atoms with Gasteiger partial charge in [0.2, 0.25) is 15.9 Å². The van der Waals surface area contributed by atoms with Crippen LogP contribution in [0.2, 0.25) is 5.02 Å². The van der Waals surface area contributed by atoms with Crippen LogP contribution < -0.4 is 10.0 Å². The molecule has 1 heterocycles. The highest BCUT2D eigenvalue weighted by Gasteiger charge is 2.22. The van der Waals surface area contributed by atoms with E-state index in [0.717, 1.165) is 0 Å². The van der Waals surface area contributed by atoms with E-state index in [1.165, 1.54) is 12.1 Å². The molecule has 102 valence electrons. The molecule has 3 N–H and O–H groups in total. The summed E-state index contributed by atoms with van der Waals surface area (Å²) in [4.78, 5) is 21.6. The summed E-state index contributed by atoms with van der Waals surface area (Å²) >= 11 is 5.87. The van der Waals surface area contributed by atoms with Gasteiger partial charge in [0.1, 0.15) is 0 Å². The van der Waals surface area contributed by atoms with E-state index in [1.54, 1.807) is 0 Å². The fourth-order valence-electron chi connectivity index (χ4n) is 1.69. The summed E-state index contributed by atoms with van der Waals surface area (Å²) in [7, 11) is -4.03. The van der Waals surface area contributed by atoms with Crippen LogP contribution in [-0.4, -0.2) is 31.2 Å². The van der Waals surface area contributed by atoms with E-state index >= 15 is 0 Å². The average molecular weight is 305 g/mol. The van der Waals surface area contributed by atoms with Gasteiger partial charge >= 0.3 is 5.97 Å². The first kappa shape index (κ1) is 13.6. The lowest BCUT2D eigenvalue weighted by Gasteiger charge is -2.10. The molecule has 1 amide bonds. The SMILES string of the molecule is O=C(O)CS(=O)(=O)Nc1cc2c(cc1Cl)NC(=O)C2. The third-order valence-electron chi connectivity index (χ3n) is 2.40. The Bertz CT molecular complexity index is 671. The monoisotopic (exact) mass is 304 g/mol. The second kappa shape index (κ2) is 4.71. The number of anilines is 2. The van der Waals surface area contributed by atoms with Crippen LogP contribution in [-0.2, 0) is 26.0 Å². The number of fused-ring (bicyclic) bond motifs is 1. The number of carboxylic acid groups (broad SMARTS) is 1. The fourth-order valence-corrected chi connectivity index (χ4v) is 2.86. The molecule has 19 heavy (non-hydrogen) atoms. The van der Waals surface area contributed by atoms with Gasteiger partial charge < -0.3 is 10.4 Å². The number of hydrogen-bond donors (Lipinski definition) is 3. The third kappa shape index (κ3) is 3.15. The van der Waals surface area contributed by atoms with Crippen LogP contribution in [0.15, 0.2) is 12.1 Å². The first-order valence-corrected chi connectivity index (χ1v) is 7.14. The smallest absolute Gasteiger partial charge is 0.320 e. The van der Waals surface area contributed by atoms with Gasteiger partial charge in [0, 0.05) is 5.69 Å². The van der Waals surface area contributed by atoms with Crippen LogP contribution in [0.5, 0.6) is 0 Å². The van der Waals surface area contributed by atoms with Gasteiger partial charge in [-0.15, -0.1) is 0 Å². The number of carbonyl (C=O) groups is 2. The molecule has 1 aromatic rings. The first-order chi connectivity index (χ1) is 8.77. The maximum absolute atomic E-state index is 11.5. The molecule has 0 aliphatic carbocycles. The maximum atomic E-state index is 11.5. The summed E-state index contributed by atoms with van der Waals surface area (Å²) in [5.74, 6) is -2.74. The van der Waals surface area contributed by atoms with Crippen LogP contribution >= 0.6 is 11.6 Å². The van der Waals surface area contributed by atoms with Crippen molar-refractivity contribution in [3.8, 4) is 0 Å². The Morgan fingerprint density at radius 3 is 2.79 bits per heavy atom. The summed E-state index contributed by atoms with van der Waals surface area (Å²) < 4.78 is 25.1. The topological polar surface area (TPSA) is 113 Å². The van der Waals surface area contributed by atoms with E-state index in [1.807, 2.05) is 0 Å². The van der Waals surface area contributed by atoms with Gasteiger partial charge in [-0.05, 0) is 17.7 Å². The van der Waals surface area contributed by atoms with Crippen molar-refractivity contribution < 1.29 is 23.1 Å². The number of nitrogens with one attached hydrogen (secondary N) is 2. The molecule has 9 heteroatoms. The quantitative estimate of drug-likeness (QED) is 0.756. The Kier molecular flexibility index (Phi) is 3.38. The normalized spacial score (nSPS) is 13.8. The summed E-state index contributed by atoms with van der Waals surface area (Å²) in [6, 6.07) is 2.83. The lowest BCUT2D eigenvalue weighted by Crippen LogP contribution is -2.22. The highest BCUT2D eigenvalue weighted by Crippen LogP contribution is 2.33. The molecule has 0 atom stereocenters. The van der Waals surface area contributed by atoms with Gasteiger partial charge in [0.05, 0.1) is 17.1 Å². The molecule has 2 rings (SSSR count). The van der Waals surface area contributed by atoms with Crippen molar-refractivity contribution >= 4 is 44.9 Å². The zero-order valence-electron chi connectivity index (χ0n) is 9.44. The molecule has 0 spiro atoms. The van der Waals surface area contributed by atoms with E-state index in [-0.39, 0.29) is 23.0 Å². The van der Waals surface area contributed by atoms with Crippen molar-refractivity contribution in [2.24, 2.45) is 0 Å². The van der Waals surface area contributed by atoms with Crippen molar-refractivity contribution in [2.45, 2.75) is 6.42 Å². The lowest BCUT2D eigenvalue weighted by atomic mass is 10.1. The van der Waals surface area contributed by atoms with Crippen molar-refractivity contribution in [3.05, 3.63) is 22.7 Å². The molecule has 0 radical (unpaired) electrons. The van der Waals surface area contributed by atoms with Crippen LogP contribution in [0.1, 0.15) is 5.56 Å². The lowest BCUT2D eigenvalue weighted by molar-refractivity contribution is -0.134. The number of halogens is 1. The molecule has 0 saturated carbocycles. The second-order valence-corrected chi connectivity index (χ2v) is 6.10. The molecular formula is C10H9ClN2O5S. The highest BCUT2D eigenvalue weighted by atomic mass is 35.5. The minimum absolute atomic E-state index is 0.0539. The number of carboxylic acids is 1.